The summed E-state index contributed by atoms with van der Waals surface area (Å²) in [5, 5.41) is 0. The maximum atomic E-state index is 13.7. The smallest absolute Gasteiger partial charge is 0.127 e. The topological polar surface area (TPSA) is 6.48 Å². The fraction of sp³-hybridized carbons (Fsp3) is 0.625. The zero-order valence-electron chi connectivity index (χ0n) is 12.3. The molecule has 1 aromatic rings. The molecule has 1 aromatic carbocycles. The first-order valence-electron chi connectivity index (χ1n) is 7.20. The molecule has 1 saturated heterocycles. The van der Waals surface area contributed by atoms with Crippen molar-refractivity contribution in [2.75, 3.05) is 27.2 Å². The largest absolute Gasteiger partial charge is 0.302 e. The summed E-state index contributed by atoms with van der Waals surface area (Å²) in [6.45, 7) is 4.91. The van der Waals surface area contributed by atoms with Gasteiger partial charge in [-0.05, 0) is 46.5 Å². The van der Waals surface area contributed by atoms with Crippen molar-refractivity contribution in [2.24, 2.45) is 0 Å². The summed E-state index contributed by atoms with van der Waals surface area (Å²) >= 11 is 0. The number of rotatable bonds is 4. The van der Waals surface area contributed by atoms with Crippen LogP contribution in [-0.2, 0) is 6.54 Å². The SMILES string of the molecule is Cc1ccc(F)c(CN(C)C[C@@H]2CCCCN2C)c1. The lowest BCUT2D eigenvalue weighted by Crippen LogP contribution is -2.43. The number of likely N-dealkylation sites (N-methyl/N-ethyl adjacent to an activating group) is 2. The quantitative estimate of drug-likeness (QED) is 0.824. The number of piperidine rings is 1. The zero-order chi connectivity index (χ0) is 13.8. The van der Waals surface area contributed by atoms with E-state index in [1.807, 2.05) is 19.1 Å². The van der Waals surface area contributed by atoms with Crippen LogP contribution < -0.4 is 0 Å². The van der Waals surface area contributed by atoms with Crippen molar-refractivity contribution >= 4 is 0 Å². The monoisotopic (exact) mass is 264 g/mol. The Hall–Kier alpha value is -0.930. The van der Waals surface area contributed by atoms with Crippen LogP contribution in [0.15, 0.2) is 18.2 Å². The number of hydrogen-bond acceptors (Lipinski definition) is 2. The number of benzene rings is 1. The maximum absolute atomic E-state index is 13.7. The van der Waals surface area contributed by atoms with E-state index >= 15 is 0 Å². The molecule has 2 rings (SSSR count). The lowest BCUT2D eigenvalue weighted by Gasteiger charge is -2.35. The Kier molecular flexibility index (Phi) is 4.94. The molecule has 0 saturated carbocycles. The van der Waals surface area contributed by atoms with Gasteiger partial charge in [0.1, 0.15) is 5.82 Å². The van der Waals surface area contributed by atoms with E-state index in [1.54, 1.807) is 6.07 Å². The molecule has 1 aliphatic rings. The van der Waals surface area contributed by atoms with E-state index in [1.165, 1.54) is 25.8 Å². The fourth-order valence-electron chi connectivity index (χ4n) is 2.91. The molecule has 0 bridgehead atoms. The number of likely N-dealkylation sites (tertiary alicyclic amines) is 1. The molecule has 1 aliphatic heterocycles. The van der Waals surface area contributed by atoms with Crippen molar-refractivity contribution in [3.05, 3.63) is 35.1 Å². The second-order valence-electron chi connectivity index (χ2n) is 5.92. The third-order valence-corrected chi connectivity index (χ3v) is 4.09. The van der Waals surface area contributed by atoms with Gasteiger partial charge in [-0.15, -0.1) is 0 Å². The summed E-state index contributed by atoms with van der Waals surface area (Å²) in [6, 6.07) is 5.97. The fourth-order valence-corrected chi connectivity index (χ4v) is 2.91. The van der Waals surface area contributed by atoms with Crippen LogP contribution in [0.1, 0.15) is 30.4 Å². The average Bonchev–Trinajstić information content (AvgIpc) is 2.37. The molecule has 1 fully saturated rings. The number of hydrogen-bond donors (Lipinski definition) is 0. The lowest BCUT2D eigenvalue weighted by atomic mass is 10.0. The molecule has 0 amide bonds. The molecule has 2 nitrogen and oxygen atoms in total. The minimum absolute atomic E-state index is 0.0885. The number of aryl methyl sites for hydroxylation is 1. The molecule has 0 spiro atoms. The third-order valence-electron chi connectivity index (χ3n) is 4.09. The molecule has 1 atom stereocenters. The molecule has 106 valence electrons. The molecule has 3 heteroatoms. The summed E-state index contributed by atoms with van der Waals surface area (Å²) < 4.78 is 13.7. The van der Waals surface area contributed by atoms with Crippen LogP contribution in [-0.4, -0.2) is 43.0 Å². The van der Waals surface area contributed by atoms with Gasteiger partial charge in [0.15, 0.2) is 0 Å². The van der Waals surface area contributed by atoms with E-state index < -0.39 is 0 Å². The highest BCUT2D eigenvalue weighted by molar-refractivity contribution is 5.23. The molecular formula is C16H25FN2. The van der Waals surface area contributed by atoms with E-state index in [4.69, 9.17) is 0 Å². The summed E-state index contributed by atoms with van der Waals surface area (Å²) in [7, 11) is 4.29. The van der Waals surface area contributed by atoms with Gasteiger partial charge in [0.25, 0.3) is 0 Å². The highest BCUT2D eigenvalue weighted by atomic mass is 19.1. The van der Waals surface area contributed by atoms with Gasteiger partial charge in [0.2, 0.25) is 0 Å². The third kappa shape index (κ3) is 4.02. The van der Waals surface area contributed by atoms with Crippen molar-refractivity contribution in [1.29, 1.82) is 0 Å². The standard InChI is InChI=1S/C16H25FN2/c1-13-7-8-16(17)14(10-13)11-18(2)12-15-6-4-5-9-19(15)3/h7-8,10,15H,4-6,9,11-12H2,1-3H3/t15-/m0/s1. The number of nitrogens with zero attached hydrogens (tertiary/aromatic N) is 2. The van der Waals surface area contributed by atoms with E-state index in [0.29, 0.717) is 12.6 Å². The van der Waals surface area contributed by atoms with Gasteiger partial charge in [-0.2, -0.15) is 0 Å². The van der Waals surface area contributed by atoms with Crippen LogP contribution in [0.3, 0.4) is 0 Å². The molecule has 1 heterocycles. The van der Waals surface area contributed by atoms with Crippen LogP contribution in [0.5, 0.6) is 0 Å². The molecule has 0 aliphatic carbocycles. The highest BCUT2D eigenvalue weighted by Gasteiger charge is 2.20. The Balaban J connectivity index is 1.93. The molecule has 0 radical (unpaired) electrons. The molecule has 0 aromatic heterocycles. The Morgan fingerprint density at radius 2 is 2.16 bits per heavy atom. The van der Waals surface area contributed by atoms with Gasteiger partial charge < -0.3 is 9.80 Å². The summed E-state index contributed by atoms with van der Waals surface area (Å²) in [5.41, 5.74) is 1.93. The van der Waals surface area contributed by atoms with Crippen LogP contribution in [0.25, 0.3) is 0 Å². The zero-order valence-corrected chi connectivity index (χ0v) is 12.3. The second kappa shape index (κ2) is 6.49. The Bertz CT molecular complexity index is 419. The van der Waals surface area contributed by atoms with Crippen LogP contribution in [0.2, 0.25) is 0 Å². The van der Waals surface area contributed by atoms with Gasteiger partial charge >= 0.3 is 0 Å². The highest BCUT2D eigenvalue weighted by Crippen LogP contribution is 2.17. The molecule has 0 N–H and O–H groups in total. The summed E-state index contributed by atoms with van der Waals surface area (Å²) in [6.07, 6.45) is 3.89. The molecule has 19 heavy (non-hydrogen) atoms. The Labute approximate surface area is 116 Å². The number of halogens is 1. The van der Waals surface area contributed by atoms with Gasteiger partial charge in [0.05, 0.1) is 0 Å². The first-order valence-corrected chi connectivity index (χ1v) is 7.20. The predicted octanol–water partition coefficient (Wildman–Crippen LogP) is 3.05. The van der Waals surface area contributed by atoms with E-state index in [-0.39, 0.29) is 5.82 Å². The average molecular weight is 264 g/mol. The van der Waals surface area contributed by atoms with Crippen molar-refractivity contribution < 1.29 is 4.39 Å². The van der Waals surface area contributed by atoms with Crippen molar-refractivity contribution in [2.45, 2.75) is 38.8 Å². The van der Waals surface area contributed by atoms with Gasteiger partial charge in [0, 0.05) is 24.7 Å². The summed E-state index contributed by atoms with van der Waals surface area (Å²) in [5.74, 6) is -0.0885. The normalized spacial score (nSPS) is 21.0. The van der Waals surface area contributed by atoms with Gasteiger partial charge in [-0.3, -0.25) is 0 Å². The first-order chi connectivity index (χ1) is 9.06. The Morgan fingerprint density at radius 3 is 2.89 bits per heavy atom. The molecule has 0 unspecified atom stereocenters. The van der Waals surface area contributed by atoms with Crippen LogP contribution >= 0.6 is 0 Å². The van der Waals surface area contributed by atoms with Gasteiger partial charge in [-0.25, -0.2) is 4.39 Å². The van der Waals surface area contributed by atoms with E-state index in [2.05, 4.69) is 23.9 Å². The Morgan fingerprint density at radius 1 is 1.37 bits per heavy atom. The molecular weight excluding hydrogens is 239 g/mol. The van der Waals surface area contributed by atoms with E-state index in [9.17, 15) is 4.39 Å². The van der Waals surface area contributed by atoms with E-state index in [0.717, 1.165) is 17.7 Å². The van der Waals surface area contributed by atoms with Crippen LogP contribution in [0.4, 0.5) is 4.39 Å². The van der Waals surface area contributed by atoms with Crippen molar-refractivity contribution in [3.63, 3.8) is 0 Å². The van der Waals surface area contributed by atoms with Crippen molar-refractivity contribution in [3.8, 4) is 0 Å². The van der Waals surface area contributed by atoms with Crippen molar-refractivity contribution in [1.82, 2.24) is 9.80 Å². The lowest BCUT2D eigenvalue weighted by molar-refractivity contribution is 0.138. The summed E-state index contributed by atoms with van der Waals surface area (Å²) in [4.78, 5) is 4.68. The predicted molar refractivity (Wildman–Crippen MR) is 77.7 cm³/mol. The first kappa shape index (κ1) is 14.5. The minimum atomic E-state index is -0.0885. The second-order valence-corrected chi connectivity index (χ2v) is 5.92. The minimum Gasteiger partial charge on any atom is -0.302 e. The van der Waals surface area contributed by atoms with Crippen LogP contribution in [0, 0.1) is 12.7 Å². The van der Waals surface area contributed by atoms with Gasteiger partial charge in [-0.1, -0.05) is 24.1 Å². The maximum Gasteiger partial charge on any atom is 0.127 e.